The van der Waals surface area contributed by atoms with Gasteiger partial charge in [0.05, 0.1) is 11.4 Å². The molecule has 1 amide bonds. The molecule has 26 heavy (non-hydrogen) atoms. The predicted molar refractivity (Wildman–Crippen MR) is 103 cm³/mol. The number of aryl methyl sites for hydroxylation is 2. The molecule has 0 aromatic heterocycles. The van der Waals surface area contributed by atoms with Crippen LogP contribution in [0.5, 0.6) is 0 Å². The van der Waals surface area contributed by atoms with Crippen LogP contribution in [0.1, 0.15) is 28.4 Å². The summed E-state index contributed by atoms with van der Waals surface area (Å²) in [5, 5.41) is 2.59. The van der Waals surface area contributed by atoms with Gasteiger partial charge >= 0.3 is 5.97 Å². The van der Waals surface area contributed by atoms with Crippen LogP contribution >= 0.6 is 11.8 Å². The van der Waals surface area contributed by atoms with E-state index in [1.807, 2.05) is 32.0 Å². The largest absolute Gasteiger partial charge is 0.455 e. The van der Waals surface area contributed by atoms with Gasteiger partial charge < -0.3 is 10.1 Å². The van der Waals surface area contributed by atoms with Gasteiger partial charge in [-0.05, 0) is 56.2 Å². The van der Waals surface area contributed by atoms with E-state index in [1.54, 1.807) is 24.3 Å². The minimum absolute atomic E-state index is 0.125. The number of ketones is 1. The number of ether oxygens (including phenoxy) is 1. The summed E-state index contributed by atoms with van der Waals surface area (Å²) >= 11 is 1.36. The fourth-order valence-corrected chi connectivity index (χ4v) is 3.01. The Morgan fingerprint density at radius 2 is 1.77 bits per heavy atom. The monoisotopic (exact) mass is 371 g/mol. The fourth-order valence-electron chi connectivity index (χ4n) is 2.22. The summed E-state index contributed by atoms with van der Waals surface area (Å²) in [5.74, 6) is -0.978. The molecule has 2 aromatic rings. The molecule has 0 unspecified atom stereocenters. The summed E-state index contributed by atoms with van der Waals surface area (Å²) in [6.07, 6.45) is 0. The molecule has 0 heterocycles. The van der Waals surface area contributed by atoms with E-state index in [4.69, 9.17) is 4.74 Å². The third-order valence-corrected chi connectivity index (χ3v) is 4.75. The molecule has 1 N–H and O–H groups in total. The van der Waals surface area contributed by atoms with E-state index in [-0.39, 0.29) is 11.5 Å². The number of amides is 1. The Balaban J connectivity index is 1.81. The highest BCUT2D eigenvalue weighted by Gasteiger charge is 2.12. The zero-order chi connectivity index (χ0) is 19.1. The molecule has 5 nitrogen and oxygen atoms in total. The van der Waals surface area contributed by atoms with E-state index >= 15 is 0 Å². The lowest BCUT2D eigenvalue weighted by Crippen LogP contribution is -2.22. The highest BCUT2D eigenvalue weighted by atomic mass is 32.2. The van der Waals surface area contributed by atoms with Gasteiger partial charge in [-0.15, -0.1) is 11.8 Å². The van der Waals surface area contributed by atoms with Crippen LogP contribution in [0.3, 0.4) is 0 Å². The summed E-state index contributed by atoms with van der Waals surface area (Å²) in [6, 6.07) is 12.7. The third-order valence-electron chi connectivity index (χ3n) is 3.78. The minimum atomic E-state index is -0.483. The summed E-state index contributed by atoms with van der Waals surface area (Å²) < 4.78 is 5.00. The van der Waals surface area contributed by atoms with Gasteiger partial charge in [-0.25, -0.2) is 0 Å². The second-order valence-corrected chi connectivity index (χ2v) is 6.89. The van der Waals surface area contributed by atoms with Crippen molar-refractivity contribution in [1.82, 2.24) is 0 Å². The maximum absolute atomic E-state index is 11.9. The van der Waals surface area contributed by atoms with Crippen LogP contribution in [0.25, 0.3) is 0 Å². The lowest BCUT2D eigenvalue weighted by molar-refractivity contribution is -0.144. The number of thioether (sulfide) groups is 1. The Hall–Kier alpha value is -2.60. The first-order valence-corrected chi connectivity index (χ1v) is 9.11. The van der Waals surface area contributed by atoms with E-state index < -0.39 is 18.5 Å². The number of esters is 1. The summed E-state index contributed by atoms with van der Waals surface area (Å²) in [7, 11) is 0. The zero-order valence-electron chi connectivity index (χ0n) is 15.0. The smallest absolute Gasteiger partial charge is 0.316 e. The lowest BCUT2D eigenvalue weighted by Gasteiger charge is -2.09. The number of carbonyl (C=O) groups excluding carboxylic acids is 3. The van der Waals surface area contributed by atoms with Crippen LogP contribution in [0.4, 0.5) is 5.69 Å². The SMILES string of the molecule is CC(=O)c1ccccc1NC(=O)COC(=O)CSc1ccc(C)c(C)c1. The zero-order valence-corrected chi connectivity index (χ0v) is 15.8. The number of hydrogen-bond acceptors (Lipinski definition) is 5. The van der Waals surface area contributed by atoms with Crippen LogP contribution in [-0.4, -0.2) is 30.0 Å². The molecule has 0 aliphatic heterocycles. The minimum Gasteiger partial charge on any atom is -0.455 e. The number of Topliss-reactive ketones (excluding diaryl/α,β-unsaturated/α-hetero) is 1. The summed E-state index contributed by atoms with van der Waals surface area (Å²) in [4.78, 5) is 36.3. The van der Waals surface area contributed by atoms with Gasteiger partial charge in [0.25, 0.3) is 5.91 Å². The average Bonchev–Trinajstić information content (AvgIpc) is 2.61. The standard InChI is InChI=1S/C20H21NO4S/c1-13-8-9-16(10-14(13)2)26-12-20(24)25-11-19(23)21-18-7-5-4-6-17(18)15(3)22/h4-10H,11-12H2,1-3H3,(H,21,23). The maximum Gasteiger partial charge on any atom is 0.316 e. The highest BCUT2D eigenvalue weighted by molar-refractivity contribution is 8.00. The molecule has 0 fully saturated rings. The van der Waals surface area contributed by atoms with E-state index in [9.17, 15) is 14.4 Å². The fraction of sp³-hybridized carbons (Fsp3) is 0.250. The molecule has 0 radical (unpaired) electrons. The molecule has 2 aromatic carbocycles. The van der Waals surface area contributed by atoms with Gasteiger partial charge in [-0.2, -0.15) is 0 Å². The summed E-state index contributed by atoms with van der Waals surface area (Å²) in [5.41, 5.74) is 3.18. The van der Waals surface area contributed by atoms with Gasteiger partial charge in [0.2, 0.25) is 0 Å². The van der Waals surface area contributed by atoms with Crippen molar-refractivity contribution in [3.8, 4) is 0 Å². The Labute approximate surface area is 157 Å². The number of hydrogen-bond donors (Lipinski definition) is 1. The number of anilines is 1. The molecular weight excluding hydrogens is 350 g/mol. The first-order valence-electron chi connectivity index (χ1n) is 8.12. The van der Waals surface area contributed by atoms with Crippen molar-refractivity contribution in [3.05, 3.63) is 59.2 Å². The number of rotatable bonds is 7. The second kappa shape index (κ2) is 9.20. The Bertz CT molecular complexity index is 832. The number of carbonyl (C=O) groups is 3. The van der Waals surface area contributed by atoms with Crippen LogP contribution in [0.2, 0.25) is 0 Å². The van der Waals surface area contributed by atoms with Crippen molar-refractivity contribution >= 4 is 35.1 Å². The van der Waals surface area contributed by atoms with Crippen molar-refractivity contribution in [2.24, 2.45) is 0 Å². The Morgan fingerprint density at radius 3 is 2.46 bits per heavy atom. The quantitative estimate of drug-likeness (QED) is 0.456. The predicted octanol–water partition coefficient (Wildman–Crippen LogP) is 3.78. The molecule has 0 aliphatic carbocycles. The van der Waals surface area contributed by atoms with Crippen molar-refractivity contribution in [1.29, 1.82) is 0 Å². The summed E-state index contributed by atoms with van der Waals surface area (Å²) in [6.45, 7) is 5.08. The Kier molecular flexibility index (Phi) is 6.97. The Morgan fingerprint density at radius 1 is 1.04 bits per heavy atom. The third kappa shape index (κ3) is 5.74. The maximum atomic E-state index is 11.9. The molecular formula is C20H21NO4S. The lowest BCUT2D eigenvalue weighted by atomic mass is 10.1. The van der Waals surface area contributed by atoms with Gasteiger partial charge in [0, 0.05) is 10.5 Å². The highest BCUT2D eigenvalue weighted by Crippen LogP contribution is 2.21. The molecule has 0 saturated heterocycles. The molecule has 0 bridgehead atoms. The van der Waals surface area contributed by atoms with E-state index in [0.29, 0.717) is 11.3 Å². The van der Waals surface area contributed by atoms with Crippen molar-refractivity contribution in [2.45, 2.75) is 25.7 Å². The van der Waals surface area contributed by atoms with E-state index in [2.05, 4.69) is 5.32 Å². The molecule has 0 saturated carbocycles. The number of benzene rings is 2. The topological polar surface area (TPSA) is 72.5 Å². The molecule has 6 heteroatoms. The van der Waals surface area contributed by atoms with E-state index in [1.165, 1.54) is 24.2 Å². The van der Waals surface area contributed by atoms with Crippen LogP contribution in [0, 0.1) is 13.8 Å². The van der Waals surface area contributed by atoms with Crippen LogP contribution in [0.15, 0.2) is 47.4 Å². The van der Waals surface area contributed by atoms with Crippen molar-refractivity contribution in [2.75, 3.05) is 17.7 Å². The van der Waals surface area contributed by atoms with Crippen molar-refractivity contribution < 1.29 is 19.1 Å². The first kappa shape index (κ1) is 19.7. The molecule has 0 atom stereocenters. The van der Waals surface area contributed by atoms with Gasteiger partial charge in [0.15, 0.2) is 12.4 Å². The normalized spacial score (nSPS) is 10.3. The van der Waals surface area contributed by atoms with Gasteiger partial charge in [-0.1, -0.05) is 18.2 Å². The first-order chi connectivity index (χ1) is 12.4. The second-order valence-electron chi connectivity index (χ2n) is 5.85. The molecule has 0 spiro atoms. The molecule has 2 rings (SSSR count). The van der Waals surface area contributed by atoms with Crippen LogP contribution in [-0.2, 0) is 14.3 Å². The number of para-hydroxylation sites is 1. The van der Waals surface area contributed by atoms with Crippen molar-refractivity contribution in [3.63, 3.8) is 0 Å². The molecule has 0 aliphatic rings. The molecule has 136 valence electrons. The van der Waals surface area contributed by atoms with Crippen LogP contribution < -0.4 is 5.32 Å². The van der Waals surface area contributed by atoms with Gasteiger partial charge in [-0.3, -0.25) is 14.4 Å². The number of nitrogens with one attached hydrogen (secondary N) is 1. The van der Waals surface area contributed by atoms with E-state index in [0.717, 1.165) is 10.5 Å². The average molecular weight is 371 g/mol. The van der Waals surface area contributed by atoms with Gasteiger partial charge in [0.1, 0.15) is 0 Å².